The molecule has 0 bridgehead atoms. The Morgan fingerprint density at radius 2 is 2.15 bits per heavy atom. The number of benzene rings is 1. The predicted molar refractivity (Wildman–Crippen MR) is 104 cm³/mol. The number of aromatic hydroxyl groups is 1. The quantitative estimate of drug-likeness (QED) is 0.522. The van der Waals surface area contributed by atoms with E-state index < -0.39 is 5.82 Å². The molecule has 3 rings (SSSR count). The molecule has 150 valence electrons. The number of piperidine rings is 1. The number of rotatable bonds is 6. The van der Waals surface area contributed by atoms with E-state index in [1.807, 2.05) is 6.92 Å². The Kier molecular flexibility index (Phi) is 7.29. The summed E-state index contributed by atoms with van der Waals surface area (Å²) in [5.74, 6) is 0.511. The first-order valence-electron chi connectivity index (χ1n) is 9.96. The summed E-state index contributed by atoms with van der Waals surface area (Å²) < 4.78 is 18.9. The normalized spacial score (nSPS) is 22.1. The van der Waals surface area contributed by atoms with Crippen LogP contribution in [0.4, 0.5) is 4.39 Å². The van der Waals surface area contributed by atoms with Crippen molar-refractivity contribution in [3.8, 4) is 5.75 Å². The van der Waals surface area contributed by atoms with Gasteiger partial charge in [-0.15, -0.1) is 0 Å². The van der Waals surface area contributed by atoms with Gasteiger partial charge in [0, 0.05) is 38.8 Å². The summed E-state index contributed by atoms with van der Waals surface area (Å²) >= 11 is 0. The lowest BCUT2D eigenvalue weighted by Gasteiger charge is -2.34. The minimum Gasteiger partial charge on any atom is -0.505 e. The zero-order valence-corrected chi connectivity index (χ0v) is 16.1. The summed E-state index contributed by atoms with van der Waals surface area (Å²) in [6.07, 6.45) is 3.37. The van der Waals surface area contributed by atoms with Crippen molar-refractivity contribution in [1.29, 1.82) is 0 Å². The van der Waals surface area contributed by atoms with Crippen molar-refractivity contribution in [3.05, 3.63) is 29.6 Å². The molecule has 2 fully saturated rings. The Morgan fingerprint density at radius 1 is 1.33 bits per heavy atom. The molecule has 3 N–H and O–H groups in total. The fourth-order valence-electron chi connectivity index (χ4n) is 3.68. The maximum absolute atomic E-state index is 13.5. The summed E-state index contributed by atoms with van der Waals surface area (Å²) in [6, 6.07) is 4.78. The van der Waals surface area contributed by atoms with Gasteiger partial charge in [-0.25, -0.2) is 9.38 Å². The summed E-state index contributed by atoms with van der Waals surface area (Å²) in [7, 11) is 0. The van der Waals surface area contributed by atoms with Crippen LogP contribution in [0.15, 0.2) is 23.2 Å². The first kappa shape index (κ1) is 19.9. The monoisotopic (exact) mass is 378 g/mol. The van der Waals surface area contributed by atoms with Crippen LogP contribution in [-0.2, 0) is 11.3 Å². The highest BCUT2D eigenvalue weighted by atomic mass is 19.1. The fraction of sp³-hybridized carbons (Fsp3) is 0.650. The Morgan fingerprint density at radius 3 is 2.81 bits per heavy atom. The van der Waals surface area contributed by atoms with Crippen LogP contribution >= 0.6 is 0 Å². The summed E-state index contributed by atoms with van der Waals surface area (Å²) in [5.41, 5.74) is 0.733. The molecule has 1 aromatic carbocycles. The van der Waals surface area contributed by atoms with Gasteiger partial charge in [-0.05, 0) is 49.8 Å². The van der Waals surface area contributed by atoms with Gasteiger partial charge in [-0.2, -0.15) is 0 Å². The largest absolute Gasteiger partial charge is 0.505 e. The minimum absolute atomic E-state index is 0.330. The van der Waals surface area contributed by atoms with Crippen LogP contribution in [0.3, 0.4) is 0 Å². The standard InChI is InChI=1S/C20H31FN4O2/c1-2-22-20(23-12-15-3-4-19(26)18(21)11-15)24-17-5-8-25(9-6-17)13-16-7-10-27-14-16/h3-4,11,16-17,26H,2,5-10,12-14H2,1H3,(H2,22,23,24). The topological polar surface area (TPSA) is 69.1 Å². The number of ether oxygens (including phenoxy) is 1. The van der Waals surface area contributed by atoms with Crippen LogP contribution in [0.5, 0.6) is 5.75 Å². The maximum Gasteiger partial charge on any atom is 0.191 e. The molecule has 1 atom stereocenters. The molecule has 2 aliphatic heterocycles. The maximum atomic E-state index is 13.5. The van der Waals surface area contributed by atoms with Gasteiger partial charge in [0.15, 0.2) is 17.5 Å². The van der Waals surface area contributed by atoms with Gasteiger partial charge in [0.2, 0.25) is 0 Å². The number of hydrogen-bond donors (Lipinski definition) is 3. The third-order valence-corrected chi connectivity index (χ3v) is 5.24. The first-order chi connectivity index (χ1) is 13.1. The van der Waals surface area contributed by atoms with Crippen LogP contribution in [0.25, 0.3) is 0 Å². The van der Waals surface area contributed by atoms with E-state index >= 15 is 0 Å². The molecule has 0 spiro atoms. The second-order valence-corrected chi connectivity index (χ2v) is 7.43. The third kappa shape index (κ3) is 6.07. The Hall–Kier alpha value is -1.86. The minimum atomic E-state index is -0.610. The molecular weight excluding hydrogens is 347 g/mol. The molecular formula is C20H31FN4O2. The van der Waals surface area contributed by atoms with E-state index in [1.165, 1.54) is 18.6 Å². The molecule has 2 saturated heterocycles. The highest BCUT2D eigenvalue weighted by Crippen LogP contribution is 2.18. The summed E-state index contributed by atoms with van der Waals surface area (Å²) in [4.78, 5) is 7.11. The number of nitrogens with one attached hydrogen (secondary N) is 2. The number of phenols is 1. The number of hydrogen-bond acceptors (Lipinski definition) is 4. The molecule has 27 heavy (non-hydrogen) atoms. The van der Waals surface area contributed by atoms with Crippen molar-refractivity contribution in [2.75, 3.05) is 39.4 Å². The second kappa shape index (κ2) is 9.90. The Balaban J connectivity index is 1.48. The number of nitrogens with zero attached hydrogens (tertiary/aromatic N) is 2. The molecule has 1 unspecified atom stereocenters. The number of likely N-dealkylation sites (tertiary alicyclic amines) is 1. The van der Waals surface area contributed by atoms with Gasteiger partial charge in [0.05, 0.1) is 13.2 Å². The van der Waals surface area contributed by atoms with Crippen molar-refractivity contribution in [2.45, 2.75) is 38.8 Å². The number of phenolic OH excluding ortho intramolecular Hbond substituents is 1. The van der Waals surface area contributed by atoms with Gasteiger partial charge in [-0.3, -0.25) is 0 Å². The van der Waals surface area contributed by atoms with E-state index in [1.54, 1.807) is 6.07 Å². The van der Waals surface area contributed by atoms with Crippen molar-refractivity contribution in [3.63, 3.8) is 0 Å². The zero-order valence-electron chi connectivity index (χ0n) is 16.1. The van der Waals surface area contributed by atoms with Gasteiger partial charge >= 0.3 is 0 Å². The van der Waals surface area contributed by atoms with Crippen LogP contribution < -0.4 is 10.6 Å². The molecule has 0 aliphatic carbocycles. The molecule has 7 heteroatoms. The SMILES string of the molecule is CCNC(=NCc1ccc(O)c(F)c1)NC1CCN(CC2CCOC2)CC1. The number of aliphatic imine (C=N–C) groups is 1. The van der Waals surface area contributed by atoms with E-state index in [-0.39, 0.29) is 5.75 Å². The number of halogens is 1. The lowest BCUT2D eigenvalue weighted by atomic mass is 10.0. The van der Waals surface area contributed by atoms with Crippen molar-refractivity contribution < 1.29 is 14.2 Å². The van der Waals surface area contributed by atoms with E-state index in [0.29, 0.717) is 18.5 Å². The van der Waals surface area contributed by atoms with Crippen LogP contribution in [0.2, 0.25) is 0 Å². The van der Waals surface area contributed by atoms with Gasteiger partial charge < -0.3 is 25.4 Å². The molecule has 0 amide bonds. The van der Waals surface area contributed by atoms with Gasteiger partial charge in [0.25, 0.3) is 0 Å². The predicted octanol–water partition coefficient (Wildman–Crippen LogP) is 2.09. The first-order valence-corrected chi connectivity index (χ1v) is 9.96. The lowest BCUT2D eigenvalue weighted by molar-refractivity contribution is 0.150. The van der Waals surface area contributed by atoms with Crippen LogP contribution in [-0.4, -0.2) is 61.4 Å². The average Bonchev–Trinajstić information content (AvgIpc) is 3.17. The van der Waals surface area contributed by atoms with E-state index in [2.05, 4.69) is 20.5 Å². The third-order valence-electron chi connectivity index (χ3n) is 5.24. The van der Waals surface area contributed by atoms with Crippen molar-refractivity contribution >= 4 is 5.96 Å². The second-order valence-electron chi connectivity index (χ2n) is 7.43. The zero-order chi connectivity index (χ0) is 19.1. The number of guanidine groups is 1. The molecule has 1 aromatic rings. The van der Waals surface area contributed by atoms with Crippen molar-refractivity contribution in [1.82, 2.24) is 15.5 Å². The van der Waals surface area contributed by atoms with Crippen molar-refractivity contribution in [2.24, 2.45) is 10.9 Å². The molecule has 2 heterocycles. The highest BCUT2D eigenvalue weighted by Gasteiger charge is 2.24. The van der Waals surface area contributed by atoms with Gasteiger partial charge in [-0.1, -0.05) is 6.07 Å². The van der Waals surface area contributed by atoms with Gasteiger partial charge in [0.1, 0.15) is 0 Å². The Labute approximate surface area is 160 Å². The molecule has 6 nitrogen and oxygen atoms in total. The fourth-order valence-corrected chi connectivity index (χ4v) is 3.68. The van der Waals surface area contributed by atoms with E-state index in [0.717, 1.165) is 63.8 Å². The van der Waals surface area contributed by atoms with E-state index in [4.69, 9.17) is 4.74 Å². The molecule has 0 aromatic heterocycles. The molecule has 0 saturated carbocycles. The smallest absolute Gasteiger partial charge is 0.191 e. The average molecular weight is 378 g/mol. The van der Waals surface area contributed by atoms with Crippen LogP contribution in [0, 0.1) is 11.7 Å². The molecule has 0 radical (unpaired) electrons. The highest BCUT2D eigenvalue weighted by molar-refractivity contribution is 5.80. The summed E-state index contributed by atoms with van der Waals surface area (Å²) in [6.45, 7) is 8.33. The lowest BCUT2D eigenvalue weighted by Crippen LogP contribution is -2.49. The molecule has 2 aliphatic rings. The summed E-state index contributed by atoms with van der Waals surface area (Å²) in [5, 5.41) is 16.1. The van der Waals surface area contributed by atoms with Crippen LogP contribution in [0.1, 0.15) is 31.7 Å². The Bertz CT molecular complexity index is 626. The van der Waals surface area contributed by atoms with E-state index in [9.17, 15) is 9.50 Å².